The van der Waals surface area contributed by atoms with Crippen molar-refractivity contribution in [2.45, 2.75) is 41.5 Å². The number of nitrogens with one attached hydrogen (secondary N) is 2. The third-order valence-corrected chi connectivity index (χ3v) is 7.33. The second-order valence-electron chi connectivity index (χ2n) is 11.6. The minimum absolute atomic E-state index is 0.0725. The number of anilines is 1. The maximum atomic E-state index is 15.6. The number of pyridine rings is 1. The summed E-state index contributed by atoms with van der Waals surface area (Å²) in [4.78, 5) is 19.3. The van der Waals surface area contributed by atoms with Crippen molar-refractivity contribution in [1.29, 1.82) is 10.7 Å². The molecule has 222 valence electrons. The number of allylic oxidation sites excluding steroid dienone is 4. The average molecular weight is 580 g/mol. The van der Waals surface area contributed by atoms with Crippen LogP contribution in [0.15, 0.2) is 66.3 Å². The van der Waals surface area contributed by atoms with Gasteiger partial charge in [-0.05, 0) is 76.9 Å². The first-order chi connectivity index (χ1) is 20.5. The van der Waals surface area contributed by atoms with E-state index in [2.05, 4.69) is 16.3 Å². The summed E-state index contributed by atoms with van der Waals surface area (Å²) in [7, 11) is 0. The number of aryl methyl sites for hydroxylation is 1. The van der Waals surface area contributed by atoms with Crippen molar-refractivity contribution < 1.29 is 13.9 Å². The van der Waals surface area contributed by atoms with Crippen molar-refractivity contribution in [3.63, 3.8) is 0 Å². The van der Waals surface area contributed by atoms with Gasteiger partial charge in [-0.2, -0.15) is 5.26 Å². The quantitative estimate of drug-likeness (QED) is 0.135. The molecular formula is C35H38FN5O2. The molecule has 7 nitrogen and oxygen atoms in total. The number of aromatic nitrogens is 1. The van der Waals surface area contributed by atoms with Crippen molar-refractivity contribution in [2.24, 2.45) is 5.41 Å². The van der Waals surface area contributed by atoms with Crippen LogP contribution in [-0.2, 0) is 4.79 Å². The number of carbonyl (C=O) groups excluding carboxylic acids is 1. The van der Waals surface area contributed by atoms with E-state index in [1.54, 1.807) is 27.7 Å². The molecule has 0 unspecified atom stereocenters. The van der Waals surface area contributed by atoms with Gasteiger partial charge in [0.2, 0.25) is 0 Å². The van der Waals surface area contributed by atoms with Crippen LogP contribution in [0.3, 0.4) is 0 Å². The van der Waals surface area contributed by atoms with Gasteiger partial charge >= 0.3 is 5.97 Å². The van der Waals surface area contributed by atoms with Crippen molar-refractivity contribution in [3.05, 3.63) is 88.9 Å². The summed E-state index contributed by atoms with van der Waals surface area (Å²) in [6.45, 7) is 14.3. The standard InChI is InChI=1S/C35H38FN5O2/c1-7-8-9-22(2)32(38)30-23(3)40-33(27-15-14-26(20-29(27)36)43-34(42)35(4,5)6)28(21-37)31(30)24-10-12-25(13-11-24)41-18-16-39-17-19-41/h7-15,20,38-39H,16-19H2,1-6H3. The number of nitrogens with zero attached hydrogens (tertiary/aromatic N) is 3. The van der Waals surface area contributed by atoms with E-state index in [1.165, 1.54) is 12.1 Å². The molecule has 1 aliphatic rings. The lowest BCUT2D eigenvalue weighted by molar-refractivity contribution is -0.143. The smallest absolute Gasteiger partial charge is 0.316 e. The molecule has 0 aliphatic carbocycles. The molecule has 1 aromatic heterocycles. The van der Waals surface area contributed by atoms with E-state index in [0.717, 1.165) is 43.5 Å². The number of hydrogen-bond donors (Lipinski definition) is 2. The fourth-order valence-corrected chi connectivity index (χ4v) is 4.90. The summed E-state index contributed by atoms with van der Waals surface area (Å²) in [5.41, 5.74) is 3.96. The third-order valence-electron chi connectivity index (χ3n) is 7.33. The Morgan fingerprint density at radius 1 is 1.16 bits per heavy atom. The first-order valence-electron chi connectivity index (χ1n) is 14.4. The van der Waals surface area contributed by atoms with Gasteiger partial charge in [0.25, 0.3) is 0 Å². The zero-order chi connectivity index (χ0) is 31.3. The molecule has 2 heterocycles. The van der Waals surface area contributed by atoms with Gasteiger partial charge in [0.15, 0.2) is 0 Å². The van der Waals surface area contributed by atoms with E-state index in [0.29, 0.717) is 22.4 Å². The Kier molecular flexibility index (Phi) is 9.57. The molecule has 4 rings (SSSR count). The number of halogens is 1. The highest BCUT2D eigenvalue weighted by Crippen LogP contribution is 2.38. The van der Waals surface area contributed by atoms with Gasteiger partial charge in [0.1, 0.15) is 17.6 Å². The molecule has 8 heteroatoms. The molecular weight excluding hydrogens is 541 g/mol. The number of nitriles is 1. The summed E-state index contributed by atoms with van der Waals surface area (Å²) in [5.74, 6) is -1.08. The number of ether oxygens (including phenoxy) is 1. The molecule has 1 saturated heterocycles. The number of piperazine rings is 1. The SMILES string of the molecule is CC=CC=C(C)C(=N)c1c(C)nc(-c2ccc(OC(=O)C(C)(C)C)cc2F)c(C#N)c1-c1ccc(N2CCNCC2)cc1. The van der Waals surface area contributed by atoms with Crippen molar-refractivity contribution >= 4 is 17.4 Å². The lowest BCUT2D eigenvalue weighted by Gasteiger charge is -2.29. The van der Waals surface area contributed by atoms with E-state index in [4.69, 9.17) is 15.1 Å². The molecule has 0 saturated carbocycles. The Morgan fingerprint density at radius 2 is 1.84 bits per heavy atom. The Bertz CT molecular complexity index is 1640. The Morgan fingerprint density at radius 3 is 2.42 bits per heavy atom. The van der Waals surface area contributed by atoms with Crippen LogP contribution in [0.1, 0.15) is 51.4 Å². The number of esters is 1. The summed E-state index contributed by atoms with van der Waals surface area (Å²) in [6, 6.07) is 14.3. The van der Waals surface area contributed by atoms with Crippen LogP contribution in [-0.4, -0.2) is 42.8 Å². The number of carbonyl (C=O) groups is 1. The second-order valence-corrected chi connectivity index (χ2v) is 11.6. The van der Waals surface area contributed by atoms with Crippen molar-refractivity contribution in [1.82, 2.24) is 10.3 Å². The highest BCUT2D eigenvalue weighted by molar-refractivity contribution is 6.16. The normalized spacial score (nSPS) is 14.1. The third kappa shape index (κ3) is 6.90. The van der Waals surface area contributed by atoms with E-state index in [1.807, 2.05) is 56.3 Å². The van der Waals surface area contributed by atoms with E-state index in [9.17, 15) is 10.1 Å². The molecule has 0 bridgehead atoms. The molecule has 0 spiro atoms. The zero-order valence-electron chi connectivity index (χ0n) is 25.6. The van der Waals surface area contributed by atoms with Gasteiger partial charge in [0, 0.05) is 60.3 Å². The van der Waals surface area contributed by atoms with E-state index in [-0.39, 0.29) is 28.3 Å². The molecule has 0 radical (unpaired) electrons. The minimum Gasteiger partial charge on any atom is -0.426 e. The van der Waals surface area contributed by atoms with Crippen molar-refractivity contribution in [3.8, 4) is 34.2 Å². The van der Waals surface area contributed by atoms with Crippen LogP contribution in [0.2, 0.25) is 0 Å². The maximum Gasteiger partial charge on any atom is 0.316 e. The van der Waals surface area contributed by atoms with Crippen LogP contribution in [0.25, 0.3) is 22.4 Å². The van der Waals surface area contributed by atoms with Gasteiger partial charge in [-0.15, -0.1) is 0 Å². The lowest BCUT2D eigenvalue weighted by Crippen LogP contribution is -2.43. The van der Waals surface area contributed by atoms with E-state index < -0.39 is 17.2 Å². The van der Waals surface area contributed by atoms with Gasteiger partial charge in [-0.1, -0.05) is 30.4 Å². The fourth-order valence-electron chi connectivity index (χ4n) is 4.90. The van der Waals surface area contributed by atoms with Crippen LogP contribution in [0.4, 0.5) is 10.1 Å². The molecule has 1 fully saturated rings. The maximum absolute atomic E-state index is 15.6. The monoisotopic (exact) mass is 579 g/mol. The summed E-state index contributed by atoms with van der Waals surface area (Å²) in [6.07, 6.45) is 5.58. The van der Waals surface area contributed by atoms with Gasteiger partial charge in [-0.3, -0.25) is 15.2 Å². The van der Waals surface area contributed by atoms with Crippen LogP contribution >= 0.6 is 0 Å². The zero-order valence-corrected chi connectivity index (χ0v) is 25.6. The summed E-state index contributed by atoms with van der Waals surface area (Å²) < 4.78 is 21.0. The Hall–Kier alpha value is -4.61. The number of rotatable bonds is 7. The number of hydrogen-bond acceptors (Lipinski definition) is 7. The number of benzene rings is 2. The largest absolute Gasteiger partial charge is 0.426 e. The van der Waals surface area contributed by atoms with Crippen LogP contribution in [0.5, 0.6) is 5.75 Å². The van der Waals surface area contributed by atoms with E-state index >= 15 is 4.39 Å². The molecule has 0 amide bonds. The Balaban J connectivity index is 1.89. The first-order valence-corrected chi connectivity index (χ1v) is 14.4. The van der Waals surface area contributed by atoms with Crippen LogP contribution < -0.4 is 15.0 Å². The predicted molar refractivity (Wildman–Crippen MR) is 170 cm³/mol. The highest BCUT2D eigenvalue weighted by Gasteiger charge is 2.27. The summed E-state index contributed by atoms with van der Waals surface area (Å²) in [5, 5.41) is 23.0. The first kappa shape index (κ1) is 31.3. The molecule has 1 aliphatic heterocycles. The van der Waals surface area contributed by atoms with Gasteiger partial charge in [-0.25, -0.2) is 4.39 Å². The topological polar surface area (TPSA) is 102 Å². The Labute approximate surface area is 253 Å². The second kappa shape index (κ2) is 13.1. The van der Waals surface area contributed by atoms with Gasteiger partial charge < -0.3 is 15.0 Å². The molecule has 2 aromatic carbocycles. The predicted octanol–water partition coefficient (Wildman–Crippen LogP) is 6.99. The highest BCUT2D eigenvalue weighted by atomic mass is 19.1. The fraction of sp³-hybridized carbons (Fsp3) is 0.314. The minimum atomic E-state index is -0.753. The van der Waals surface area contributed by atoms with Crippen LogP contribution in [0, 0.1) is 34.9 Å². The molecule has 0 atom stereocenters. The van der Waals surface area contributed by atoms with Gasteiger partial charge in [0.05, 0.1) is 22.4 Å². The summed E-state index contributed by atoms with van der Waals surface area (Å²) >= 11 is 0. The average Bonchev–Trinajstić information content (AvgIpc) is 2.99. The molecule has 3 aromatic rings. The van der Waals surface area contributed by atoms with Crippen molar-refractivity contribution in [2.75, 3.05) is 31.1 Å². The molecule has 2 N–H and O–H groups in total. The lowest BCUT2D eigenvalue weighted by atomic mass is 9.87. The molecule has 43 heavy (non-hydrogen) atoms.